The minimum Gasteiger partial charge on any atom is -0.379 e. The van der Waals surface area contributed by atoms with Crippen LogP contribution >= 0.6 is 0 Å². The first-order chi connectivity index (χ1) is 14.7. The van der Waals surface area contributed by atoms with Crippen LogP contribution in [0.15, 0.2) is 54.9 Å². The summed E-state index contributed by atoms with van der Waals surface area (Å²) in [5.74, 6) is 0.716. The molecule has 0 N–H and O–H groups in total. The number of aromatic nitrogens is 3. The van der Waals surface area contributed by atoms with Crippen LogP contribution in [0.4, 0.5) is 5.95 Å². The topological polar surface area (TPSA) is 71.5 Å². The highest BCUT2D eigenvalue weighted by atomic mass is 16.5. The van der Waals surface area contributed by atoms with E-state index in [1.165, 1.54) is 0 Å². The van der Waals surface area contributed by atoms with Crippen LogP contribution in [-0.2, 0) is 4.74 Å². The minimum absolute atomic E-state index is 0.00779. The normalized spacial score (nSPS) is 22.3. The fourth-order valence-electron chi connectivity index (χ4n) is 4.59. The van der Waals surface area contributed by atoms with E-state index >= 15 is 0 Å². The number of hydrogen-bond donors (Lipinski definition) is 0. The highest BCUT2D eigenvalue weighted by molar-refractivity contribution is 5.95. The molecular weight excluding hydrogens is 378 g/mol. The van der Waals surface area contributed by atoms with Crippen molar-refractivity contribution in [1.29, 1.82) is 0 Å². The smallest absolute Gasteiger partial charge is 0.272 e. The van der Waals surface area contributed by atoms with E-state index in [1.807, 2.05) is 47.4 Å². The van der Waals surface area contributed by atoms with Crippen LogP contribution in [-0.4, -0.2) is 65.2 Å². The average molecular weight is 403 g/mol. The van der Waals surface area contributed by atoms with Gasteiger partial charge in [0.25, 0.3) is 5.91 Å². The van der Waals surface area contributed by atoms with Gasteiger partial charge in [0.05, 0.1) is 18.7 Å². The van der Waals surface area contributed by atoms with Crippen molar-refractivity contribution in [1.82, 2.24) is 19.9 Å². The van der Waals surface area contributed by atoms with Crippen molar-refractivity contribution in [3.05, 3.63) is 60.6 Å². The van der Waals surface area contributed by atoms with Gasteiger partial charge < -0.3 is 14.5 Å². The number of hydrogen-bond acceptors (Lipinski definition) is 6. The Labute approximate surface area is 175 Å². The number of amides is 1. The van der Waals surface area contributed by atoms with E-state index in [0.29, 0.717) is 25.5 Å². The molecule has 154 valence electrons. The maximum atomic E-state index is 13.3. The first kappa shape index (κ1) is 18.9. The molecule has 1 spiro atoms. The van der Waals surface area contributed by atoms with Crippen molar-refractivity contribution >= 4 is 22.8 Å². The molecule has 1 amide bonds. The Balaban J connectivity index is 1.38. The fraction of sp³-hybridized carbons (Fsp3) is 0.391. The van der Waals surface area contributed by atoms with Gasteiger partial charge in [-0.15, -0.1) is 0 Å². The van der Waals surface area contributed by atoms with Gasteiger partial charge in [-0.05, 0) is 31.0 Å². The molecule has 0 radical (unpaired) electrons. The lowest BCUT2D eigenvalue weighted by atomic mass is 9.80. The summed E-state index contributed by atoms with van der Waals surface area (Å²) in [4.78, 5) is 30.9. The molecule has 2 aromatic heterocycles. The van der Waals surface area contributed by atoms with Gasteiger partial charge in [0.2, 0.25) is 5.95 Å². The number of carbonyl (C=O) groups is 1. The van der Waals surface area contributed by atoms with E-state index in [-0.39, 0.29) is 11.3 Å². The van der Waals surface area contributed by atoms with Crippen LogP contribution < -0.4 is 4.90 Å². The number of benzene rings is 1. The SMILES string of the molecule is O=C(c1ccc2ccccc2n1)N1CCCC2(COCCN(c3ncccn3)C2)C1. The Morgan fingerprint density at radius 1 is 1.00 bits per heavy atom. The Morgan fingerprint density at radius 2 is 1.87 bits per heavy atom. The van der Waals surface area contributed by atoms with Gasteiger partial charge in [-0.2, -0.15) is 0 Å². The van der Waals surface area contributed by atoms with Crippen LogP contribution in [0.1, 0.15) is 23.3 Å². The zero-order valence-electron chi connectivity index (χ0n) is 16.9. The number of carbonyl (C=O) groups excluding carboxylic acids is 1. The molecule has 1 aromatic carbocycles. The van der Waals surface area contributed by atoms with Crippen LogP contribution in [0.2, 0.25) is 0 Å². The molecule has 7 heteroatoms. The van der Waals surface area contributed by atoms with E-state index in [1.54, 1.807) is 12.4 Å². The quantitative estimate of drug-likeness (QED) is 0.655. The Bertz CT molecular complexity index is 1040. The van der Waals surface area contributed by atoms with Crippen LogP contribution in [0.25, 0.3) is 10.9 Å². The lowest BCUT2D eigenvalue weighted by Gasteiger charge is -2.43. The summed E-state index contributed by atoms with van der Waals surface area (Å²) in [6.07, 6.45) is 5.50. The van der Waals surface area contributed by atoms with E-state index in [0.717, 1.165) is 49.3 Å². The number of likely N-dealkylation sites (tertiary alicyclic amines) is 1. The molecule has 1 atom stereocenters. The summed E-state index contributed by atoms with van der Waals surface area (Å²) >= 11 is 0. The zero-order chi connectivity index (χ0) is 20.4. The highest BCUT2D eigenvalue weighted by Gasteiger charge is 2.41. The number of pyridine rings is 1. The Kier molecular flexibility index (Phi) is 5.04. The summed E-state index contributed by atoms with van der Waals surface area (Å²) in [7, 11) is 0. The first-order valence-electron chi connectivity index (χ1n) is 10.5. The molecule has 0 saturated carbocycles. The summed E-state index contributed by atoms with van der Waals surface area (Å²) in [5.41, 5.74) is 1.23. The van der Waals surface area contributed by atoms with Crippen LogP contribution in [0, 0.1) is 5.41 Å². The van der Waals surface area contributed by atoms with Crippen molar-refractivity contribution in [3.8, 4) is 0 Å². The second kappa shape index (κ2) is 7.99. The molecular formula is C23H25N5O2. The Hall–Kier alpha value is -3.06. The predicted octanol–water partition coefficient (Wildman–Crippen LogP) is 2.78. The first-order valence-corrected chi connectivity index (χ1v) is 10.5. The second-order valence-corrected chi connectivity index (χ2v) is 8.24. The van der Waals surface area contributed by atoms with Gasteiger partial charge in [0.1, 0.15) is 5.69 Å². The molecule has 2 fully saturated rings. The number of nitrogens with zero attached hydrogens (tertiary/aromatic N) is 5. The number of anilines is 1. The molecule has 2 aliphatic rings. The second-order valence-electron chi connectivity index (χ2n) is 8.24. The monoisotopic (exact) mass is 403 g/mol. The number of ether oxygens (including phenoxy) is 1. The zero-order valence-corrected chi connectivity index (χ0v) is 16.9. The predicted molar refractivity (Wildman–Crippen MR) is 114 cm³/mol. The summed E-state index contributed by atoms with van der Waals surface area (Å²) in [6, 6.07) is 13.5. The summed E-state index contributed by atoms with van der Waals surface area (Å²) < 4.78 is 5.98. The number of para-hydroxylation sites is 1. The lowest BCUT2D eigenvalue weighted by molar-refractivity contribution is 0.0133. The summed E-state index contributed by atoms with van der Waals surface area (Å²) in [6.45, 7) is 4.23. The molecule has 2 saturated heterocycles. The molecule has 3 aromatic rings. The molecule has 0 aliphatic carbocycles. The molecule has 4 heterocycles. The molecule has 7 nitrogen and oxygen atoms in total. The van der Waals surface area contributed by atoms with Gasteiger partial charge in [-0.3, -0.25) is 4.79 Å². The highest BCUT2D eigenvalue weighted by Crippen LogP contribution is 2.34. The van der Waals surface area contributed by atoms with Crippen molar-refractivity contribution < 1.29 is 9.53 Å². The van der Waals surface area contributed by atoms with E-state index < -0.39 is 0 Å². The van der Waals surface area contributed by atoms with Crippen molar-refractivity contribution in [2.45, 2.75) is 12.8 Å². The van der Waals surface area contributed by atoms with Gasteiger partial charge in [-0.1, -0.05) is 24.3 Å². The average Bonchev–Trinajstić information content (AvgIpc) is 3.01. The van der Waals surface area contributed by atoms with Crippen LogP contribution in [0.3, 0.4) is 0 Å². The fourth-order valence-corrected chi connectivity index (χ4v) is 4.59. The van der Waals surface area contributed by atoms with Crippen molar-refractivity contribution in [2.24, 2.45) is 5.41 Å². The number of fused-ring (bicyclic) bond motifs is 1. The largest absolute Gasteiger partial charge is 0.379 e. The molecule has 0 bridgehead atoms. The van der Waals surface area contributed by atoms with Gasteiger partial charge >= 0.3 is 0 Å². The summed E-state index contributed by atoms with van der Waals surface area (Å²) in [5, 5.41) is 1.04. The van der Waals surface area contributed by atoms with E-state index in [2.05, 4.69) is 19.9 Å². The number of rotatable bonds is 2. The molecule has 5 rings (SSSR count). The standard InChI is InChI=1S/C23H25N5O2/c29-21(20-8-7-18-5-1-2-6-19(18)26-20)27-12-3-9-23(15-27)16-28(13-14-30-17-23)22-24-10-4-11-25-22/h1-2,4-8,10-11H,3,9,12-17H2. The maximum absolute atomic E-state index is 13.3. The lowest BCUT2D eigenvalue weighted by Crippen LogP contribution is -2.52. The molecule has 30 heavy (non-hydrogen) atoms. The van der Waals surface area contributed by atoms with Gasteiger partial charge in [0.15, 0.2) is 0 Å². The molecule has 1 unspecified atom stereocenters. The minimum atomic E-state index is -0.125. The third-order valence-electron chi connectivity index (χ3n) is 6.04. The Morgan fingerprint density at radius 3 is 2.77 bits per heavy atom. The van der Waals surface area contributed by atoms with Crippen molar-refractivity contribution in [2.75, 3.05) is 44.3 Å². The van der Waals surface area contributed by atoms with Gasteiger partial charge in [0, 0.05) is 49.4 Å². The van der Waals surface area contributed by atoms with Crippen LogP contribution in [0.5, 0.6) is 0 Å². The van der Waals surface area contributed by atoms with E-state index in [4.69, 9.17) is 4.74 Å². The third kappa shape index (κ3) is 3.73. The number of piperidine rings is 1. The van der Waals surface area contributed by atoms with E-state index in [9.17, 15) is 4.79 Å². The van der Waals surface area contributed by atoms with Crippen molar-refractivity contribution in [3.63, 3.8) is 0 Å². The maximum Gasteiger partial charge on any atom is 0.272 e. The van der Waals surface area contributed by atoms with Gasteiger partial charge in [-0.25, -0.2) is 15.0 Å². The third-order valence-corrected chi connectivity index (χ3v) is 6.04. The molecule has 2 aliphatic heterocycles.